The minimum absolute atomic E-state index is 0.0949. The summed E-state index contributed by atoms with van der Waals surface area (Å²) in [7, 11) is -9.82. The van der Waals surface area contributed by atoms with E-state index in [0.29, 0.717) is 19.3 Å². The third-order valence-electron chi connectivity index (χ3n) is 20.8. The summed E-state index contributed by atoms with van der Waals surface area (Å²) in [5.41, 5.74) is 0. The molecule has 125 heavy (non-hydrogen) atoms. The molecule has 5 unspecified atom stereocenters. The van der Waals surface area contributed by atoms with Gasteiger partial charge in [-0.1, -0.05) is 421 Å². The first-order chi connectivity index (χ1) is 61.2. The second-order valence-electron chi connectivity index (χ2n) is 32.8. The fourth-order valence-corrected chi connectivity index (χ4v) is 15.0. The van der Waals surface area contributed by atoms with Gasteiger partial charge in [0.1, 0.15) is 25.4 Å². The Kier molecular flexibility index (Phi) is 93.1. The van der Waals surface area contributed by atoms with Gasteiger partial charge < -0.3 is 34.2 Å². The number of hydrogen-bond donors (Lipinski definition) is 4. The van der Waals surface area contributed by atoms with Crippen molar-refractivity contribution in [2.24, 2.45) is 0 Å². The number of carbonyl (C=O) groups is 3. The molecule has 0 radical (unpaired) electrons. The van der Waals surface area contributed by atoms with Crippen LogP contribution in [0.15, 0.2) is 194 Å². The number of unbranched alkanes of at least 4 members (excludes halogenated alkanes) is 38. The SMILES string of the molecule is CC/C=C\C/C=C\C/C=C\C/C=C\C/C=C\C/C=C\CCCCCCCCCCCCCCCCCCC(=O)OCC(O)COP(=O)(O)OCC(O)COP(=O)(O)OCC(COC(=O)CCCCCCCCCCCCC/C=C\C/C=C\C/C=C\C/C=C\C/C=C\CC)OC(=O)CCCCCCCCCCCCC/C=C\C/C=C\C/C=C\C/C=C\C/C=C\CC. The molecule has 0 fully saturated rings. The van der Waals surface area contributed by atoms with Crippen molar-refractivity contribution in [3.05, 3.63) is 194 Å². The Morgan fingerprint density at radius 3 is 0.632 bits per heavy atom. The predicted molar refractivity (Wildman–Crippen MR) is 528 cm³/mol. The zero-order valence-electron chi connectivity index (χ0n) is 79.0. The minimum atomic E-state index is -4.95. The Hall–Kier alpha value is -5.61. The molecule has 0 aliphatic heterocycles. The van der Waals surface area contributed by atoms with Gasteiger partial charge in [0.25, 0.3) is 0 Å². The maximum Gasteiger partial charge on any atom is 0.472 e. The lowest BCUT2D eigenvalue weighted by Crippen LogP contribution is -2.30. The maximum atomic E-state index is 13.1. The van der Waals surface area contributed by atoms with Crippen molar-refractivity contribution in [1.82, 2.24) is 0 Å². The van der Waals surface area contributed by atoms with Gasteiger partial charge >= 0.3 is 33.6 Å². The Bertz CT molecular complexity index is 3050. The molecule has 0 rings (SSSR count). The van der Waals surface area contributed by atoms with Crippen molar-refractivity contribution in [1.29, 1.82) is 0 Å². The Morgan fingerprint density at radius 2 is 0.400 bits per heavy atom. The highest BCUT2D eigenvalue weighted by atomic mass is 31.2. The number of carbonyl (C=O) groups excluding carboxylic acids is 3. The molecular formula is C107H180O16P2. The van der Waals surface area contributed by atoms with Crippen molar-refractivity contribution in [2.75, 3.05) is 39.6 Å². The first kappa shape index (κ1) is 119. The van der Waals surface area contributed by atoms with Crippen molar-refractivity contribution in [3.63, 3.8) is 0 Å². The molecule has 0 aliphatic carbocycles. The van der Waals surface area contributed by atoms with E-state index in [1.807, 2.05) is 0 Å². The summed E-state index contributed by atoms with van der Waals surface area (Å²) in [5, 5.41) is 20.8. The van der Waals surface area contributed by atoms with Crippen LogP contribution in [-0.2, 0) is 55.8 Å². The fourth-order valence-electron chi connectivity index (χ4n) is 13.4. The van der Waals surface area contributed by atoms with Crippen LogP contribution in [-0.4, -0.2) is 95.9 Å². The quantitative estimate of drug-likeness (QED) is 0.0146. The van der Waals surface area contributed by atoms with Gasteiger partial charge in [0.2, 0.25) is 0 Å². The van der Waals surface area contributed by atoms with E-state index in [4.69, 9.17) is 32.3 Å². The summed E-state index contributed by atoms with van der Waals surface area (Å²) < 4.78 is 61.7. The molecule has 0 aromatic rings. The van der Waals surface area contributed by atoms with Crippen molar-refractivity contribution in [2.45, 2.75) is 424 Å². The molecule has 4 N–H and O–H groups in total. The molecule has 16 nitrogen and oxygen atoms in total. The van der Waals surface area contributed by atoms with Crippen LogP contribution < -0.4 is 0 Å². The molecule has 0 saturated carbocycles. The second kappa shape index (κ2) is 97.4. The molecule has 0 saturated heterocycles. The summed E-state index contributed by atoms with van der Waals surface area (Å²) in [6.45, 7) is 2.39. The average Bonchev–Trinajstić information content (AvgIpc) is 0.906. The molecule has 714 valence electrons. The first-order valence-corrected chi connectivity index (χ1v) is 52.7. The van der Waals surface area contributed by atoms with Crippen LogP contribution in [0, 0.1) is 0 Å². The molecule has 5 atom stereocenters. The monoisotopic (exact) mass is 1780 g/mol. The summed E-state index contributed by atoms with van der Waals surface area (Å²) in [4.78, 5) is 59.2. The number of aliphatic hydroxyl groups is 2. The molecule has 0 aromatic carbocycles. The van der Waals surface area contributed by atoms with Crippen LogP contribution in [0.1, 0.15) is 406 Å². The topological polar surface area (TPSA) is 231 Å². The summed E-state index contributed by atoms with van der Waals surface area (Å²) in [5.74, 6) is -1.57. The molecule has 0 spiro atoms. The van der Waals surface area contributed by atoms with Gasteiger partial charge in [-0.25, -0.2) is 9.13 Å². The number of aliphatic hydroxyl groups excluding tert-OH is 2. The average molecular weight is 1780 g/mol. The van der Waals surface area contributed by atoms with Crippen molar-refractivity contribution < 1.29 is 75.8 Å². The van der Waals surface area contributed by atoms with Crippen LogP contribution in [0.2, 0.25) is 0 Å². The van der Waals surface area contributed by atoms with E-state index < -0.39 is 91.5 Å². The van der Waals surface area contributed by atoms with Crippen molar-refractivity contribution in [3.8, 4) is 0 Å². The van der Waals surface area contributed by atoms with Crippen LogP contribution in [0.5, 0.6) is 0 Å². The number of hydrogen-bond acceptors (Lipinski definition) is 14. The van der Waals surface area contributed by atoms with Gasteiger partial charge in [0, 0.05) is 19.3 Å². The third-order valence-corrected chi connectivity index (χ3v) is 22.7. The Labute approximate surface area is 763 Å². The number of rotatable bonds is 93. The summed E-state index contributed by atoms with van der Waals surface area (Å²) in [6.07, 6.45) is 130. The van der Waals surface area contributed by atoms with Gasteiger partial charge in [-0.2, -0.15) is 0 Å². The lowest BCUT2D eigenvalue weighted by Gasteiger charge is -2.21. The standard InChI is InChI=1S/C107H180O16P2/c1-4-7-10-13-16-19-22-25-28-31-34-37-40-43-46-47-48-49-50-51-52-53-56-58-60-63-66-69-72-75-78-81-84-87-90-93-105(110)117-96-102(108)97-119-124(113,114)120-98-103(109)99-121-125(115,116)122-101-104(123-107(112)95-92-89-86-83-80-77-74-71-68-65-62-59-55-45-42-39-36-33-30-27-24-21-18-15-12-9-6-3)100-118-106(111)94-91-88-85-82-79-76-73-70-67-64-61-57-54-44-41-38-35-32-29-26-23-20-17-14-11-8-5-2/h7-12,16-21,25-30,34-39,43-46,48-49,54-55,102-104,108-109H,4-6,13-15,22-24,31-33,40-42,47,50-53,56-101H2,1-3H3,(H,113,114)(H,115,116)/b10-7-,11-8-,12-9-,19-16-,20-17-,21-18-,28-25-,29-26-,30-27-,37-34-,38-35-,39-36-,46-43-,49-48-,54-44-,55-45-. The zero-order valence-corrected chi connectivity index (χ0v) is 80.7. The van der Waals surface area contributed by atoms with E-state index in [1.165, 1.54) is 161 Å². The number of phosphoric acid groups is 2. The molecule has 0 bridgehead atoms. The number of phosphoric ester groups is 2. The van der Waals surface area contributed by atoms with Crippen LogP contribution >= 0.6 is 15.6 Å². The fraction of sp³-hybridized carbons (Fsp3) is 0.673. The highest BCUT2D eigenvalue weighted by Gasteiger charge is 2.30. The Morgan fingerprint density at radius 1 is 0.224 bits per heavy atom. The van der Waals surface area contributed by atoms with Crippen molar-refractivity contribution >= 4 is 33.6 Å². The highest BCUT2D eigenvalue weighted by Crippen LogP contribution is 2.45. The van der Waals surface area contributed by atoms with Crippen LogP contribution in [0.25, 0.3) is 0 Å². The lowest BCUT2D eigenvalue weighted by atomic mass is 10.0. The molecule has 0 amide bonds. The molecular weight excluding hydrogens is 1600 g/mol. The molecule has 0 heterocycles. The number of ether oxygens (including phenoxy) is 3. The van der Waals surface area contributed by atoms with E-state index in [2.05, 4.69) is 215 Å². The van der Waals surface area contributed by atoms with Crippen LogP contribution in [0.4, 0.5) is 0 Å². The van der Waals surface area contributed by atoms with E-state index in [1.54, 1.807) is 0 Å². The molecule has 0 aliphatic rings. The van der Waals surface area contributed by atoms with E-state index in [0.717, 1.165) is 186 Å². The minimum Gasteiger partial charge on any atom is -0.463 e. The molecule has 18 heteroatoms. The normalized spacial score (nSPS) is 14.5. The van der Waals surface area contributed by atoms with E-state index in [9.17, 15) is 43.5 Å². The highest BCUT2D eigenvalue weighted by molar-refractivity contribution is 7.47. The maximum absolute atomic E-state index is 13.1. The lowest BCUT2D eigenvalue weighted by molar-refractivity contribution is -0.161. The second-order valence-corrected chi connectivity index (χ2v) is 35.7. The predicted octanol–water partition coefficient (Wildman–Crippen LogP) is 31.3. The summed E-state index contributed by atoms with van der Waals surface area (Å²) in [6, 6.07) is 0. The van der Waals surface area contributed by atoms with Gasteiger partial charge in [0.05, 0.1) is 26.4 Å². The zero-order chi connectivity index (χ0) is 90.7. The smallest absolute Gasteiger partial charge is 0.463 e. The summed E-state index contributed by atoms with van der Waals surface area (Å²) >= 11 is 0. The third kappa shape index (κ3) is 98.8. The van der Waals surface area contributed by atoms with Gasteiger partial charge in [-0.15, -0.1) is 0 Å². The Balaban J connectivity index is 4.59. The van der Waals surface area contributed by atoms with Crippen LogP contribution in [0.3, 0.4) is 0 Å². The largest absolute Gasteiger partial charge is 0.472 e. The van der Waals surface area contributed by atoms with Gasteiger partial charge in [-0.3, -0.25) is 32.5 Å². The number of allylic oxidation sites excluding steroid dienone is 32. The van der Waals surface area contributed by atoms with E-state index in [-0.39, 0.29) is 19.3 Å². The molecule has 0 aromatic heterocycles. The first-order valence-electron chi connectivity index (χ1n) is 49.7. The van der Waals surface area contributed by atoms with Gasteiger partial charge in [0.15, 0.2) is 6.10 Å². The van der Waals surface area contributed by atoms with Gasteiger partial charge in [-0.05, 0) is 161 Å². The van der Waals surface area contributed by atoms with E-state index >= 15 is 0 Å². The number of esters is 3.